The zero-order valence-corrected chi connectivity index (χ0v) is 12.7. The van der Waals surface area contributed by atoms with Gasteiger partial charge in [0.25, 0.3) is 5.91 Å². The van der Waals surface area contributed by atoms with Gasteiger partial charge < -0.3 is 15.4 Å². The summed E-state index contributed by atoms with van der Waals surface area (Å²) < 4.78 is 5.60. The molecule has 1 unspecified atom stereocenters. The first-order valence-electron chi connectivity index (χ1n) is 7.22. The van der Waals surface area contributed by atoms with Gasteiger partial charge in [0.2, 0.25) is 0 Å². The molecule has 21 heavy (non-hydrogen) atoms. The maximum atomic E-state index is 12.4. The summed E-state index contributed by atoms with van der Waals surface area (Å²) in [6, 6.07) is 7.87. The Morgan fingerprint density at radius 3 is 2.71 bits per heavy atom. The maximum absolute atomic E-state index is 12.4. The molecule has 112 valence electrons. The van der Waals surface area contributed by atoms with E-state index >= 15 is 0 Å². The van der Waals surface area contributed by atoms with Crippen molar-refractivity contribution < 1.29 is 9.53 Å². The molecule has 1 fully saturated rings. The molecule has 1 aliphatic rings. The lowest BCUT2D eigenvalue weighted by atomic mass is 10.0. The molecule has 0 spiro atoms. The summed E-state index contributed by atoms with van der Waals surface area (Å²) in [5.74, 6) is 5.85. The number of likely N-dealkylation sites (N-methyl/N-ethyl adjacent to an activating group) is 1. The first kappa shape index (κ1) is 15.6. The smallest absolute Gasteiger partial charge is 0.254 e. The van der Waals surface area contributed by atoms with Gasteiger partial charge in [0.1, 0.15) is 5.60 Å². The lowest BCUT2D eigenvalue weighted by Crippen LogP contribution is -2.44. The Morgan fingerprint density at radius 2 is 2.14 bits per heavy atom. The molecule has 1 atom stereocenters. The molecule has 0 saturated carbocycles. The molecule has 1 amide bonds. The van der Waals surface area contributed by atoms with Crippen LogP contribution in [0.15, 0.2) is 24.3 Å². The number of nitrogens with zero attached hydrogens (tertiary/aromatic N) is 1. The minimum atomic E-state index is -0.651. The third-order valence-corrected chi connectivity index (χ3v) is 3.73. The Bertz CT molecular complexity index is 548. The van der Waals surface area contributed by atoms with Crippen LogP contribution in [0.3, 0.4) is 0 Å². The highest BCUT2D eigenvalue weighted by Crippen LogP contribution is 2.27. The molecular formula is C17H22N2O2. The predicted molar refractivity (Wildman–Crippen MR) is 82.4 cm³/mol. The molecule has 0 bridgehead atoms. The fraction of sp³-hybridized carbons (Fsp3) is 0.471. The van der Waals surface area contributed by atoms with E-state index in [9.17, 15) is 4.79 Å². The number of amides is 1. The van der Waals surface area contributed by atoms with E-state index in [0.29, 0.717) is 19.7 Å². The first-order valence-corrected chi connectivity index (χ1v) is 7.22. The quantitative estimate of drug-likeness (QED) is 0.857. The van der Waals surface area contributed by atoms with Crippen molar-refractivity contribution in [2.45, 2.75) is 31.9 Å². The average Bonchev–Trinajstić information content (AvgIpc) is 2.93. The summed E-state index contributed by atoms with van der Waals surface area (Å²) in [6.07, 6.45) is 1.74. The third-order valence-electron chi connectivity index (χ3n) is 3.73. The van der Waals surface area contributed by atoms with Gasteiger partial charge in [0.05, 0.1) is 6.54 Å². The van der Waals surface area contributed by atoms with Crippen molar-refractivity contribution in [3.8, 4) is 11.8 Å². The number of carbonyl (C=O) groups is 1. The van der Waals surface area contributed by atoms with E-state index in [1.165, 1.54) is 0 Å². The van der Waals surface area contributed by atoms with Crippen molar-refractivity contribution in [1.29, 1.82) is 0 Å². The van der Waals surface area contributed by atoms with E-state index in [-0.39, 0.29) is 5.91 Å². The van der Waals surface area contributed by atoms with Gasteiger partial charge in [-0.1, -0.05) is 24.0 Å². The third kappa shape index (κ3) is 3.84. The molecule has 1 heterocycles. The highest BCUT2D eigenvalue weighted by Gasteiger charge is 2.39. The molecule has 1 aromatic rings. The molecule has 2 N–H and O–H groups in total. The SMILES string of the molecule is CN(Cc1ccc(C#CCN)cc1)C(=O)C1(C)CCCO1. The zero-order valence-electron chi connectivity index (χ0n) is 12.7. The number of ether oxygens (including phenoxy) is 1. The Labute approximate surface area is 126 Å². The fourth-order valence-corrected chi connectivity index (χ4v) is 2.54. The van der Waals surface area contributed by atoms with Gasteiger partial charge in [-0.15, -0.1) is 0 Å². The van der Waals surface area contributed by atoms with Gasteiger partial charge in [0, 0.05) is 25.8 Å². The number of carbonyl (C=O) groups excluding carboxylic acids is 1. The largest absolute Gasteiger partial charge is 0.365 e. The summed E-state index contributed by atoms with van der Waals surface area (Å²) in [4.78, 5) is 14.2. The summed E-state index contributed by atoms with van der Waals surface area (Å²) in [5, 5.41) is 0. The first-order chi connectivity index (χ1) is 10.0. The maximum Gasteiger partial charge on any atom is 0.254 e. The monoisotopic (exact) mass is 286 g/mol. The predicted octanol–water partition coefficient (Wildman–Crippen LogP) is 1.52. The lowest BCUT2D eigenvalue weighted by molar-refractivity contribution is -0.150. The zero-order chi connectivity index (χ0) is 15.3. The van der Waals surface area contributed by atoms with Crippen molar-refractivity contribution in [3.05, 3.63) is 35.4 Å². The fourth-order valence-electron chi connectivity index (χ4n) is 2.54. The topological polar surface area (TPSA) is 55.6 Å². The van der Waals surface area contributed by atoms with E-state index < -0.39 is 5.60 Å². The molecule has 4 heteroatoms. The van der Waals surface area contributed by atoms with Crippen molar-refractivity contribution in [2.75, 3.05) is 20.2 Å². The van der Waals surface area contributed by atoms with Crippen LogP contribution in [0.5, 0.6) is 0 Å². The molecule has 1 aromatic carbocycles. The Kier molecular flexibility index (Phi) is 5.00. The van der Waals surface area contributed by atoms with Crippen LogP contribution in [-0.4, -0.2) is 36.6 Å². The Morgan fingerprint density at radius 1 is 1.43 bits per heavy atom. The summed E-state index contributed by atoms with van der Waals surface area (Å²) in [5.41, 5.74) is 6.71. The normalized spacial score (nSPS) is 20.7. The van der Waals surface area contributed by atoms with E-state index in [0.717, 1.165) is 24.0 Å². The Balaban J connectivity index is 1.99. The van der Waals surface area contributed by atoms with Crippen molar-refractivity contribution in [2.24, 2.45) is 5.73 Å². The van der Waals surface area contributed by atoms with Crippen LogP contribution in [0.4, 0.5) is 0 Å². The van der Waals surface area contributed by atoms with Crippen LogP contribution < -0.4 is 5.73 Å². The molecule has 0 aliphatic carbocycles. The number of hydrogen-bond donors (Lipinski definition) is 1. The number of rotatable bonds is 3. The second-order valence-corrected chi connectivity index (χ2v) is 5.55. The molecule has 4 nitrogen and oxygen atoms in total. The highest BCUT2D eigenvalue weighted by atomic mass is 16.5. The molecule has 1 aliphatic heterocycles. The molecule has 0 aromatic heterocycles. The van der Waals surface area contributed by atoms with Crippen LogP contribution in [-0.2, 0) is 16.1 Å². The average molecular weight is 286 g/mol. The van der Waals surface area contributed by atoms with E-state index in [1.54, 1.807) is 4.90 Å². The second-order valence-electron chi connectivity index (χ2n) is 5.55. The minimum Gasteiger partial charge on any atom is -0.365 e. The molecular weight excluding hydrogens is 264 g/mol. The van der Waals surface area contributed by atoms with Crippen LogP contribution in [0.1, 0.15) is 30.9 Å². The summed E-state index contributed by atoms with van der Waals surface area (Å²) in [6.45, 7) is 3.48. The van der Waals surface area contributed by atoms with Gasteiger partial charge >= 0.3 is 0 Å². The van der Waals surface area contributed by atoms with Gasteiger partial charge in [-0.25, -0.2) is 0 Å². The van der Waals surface area contributed by atoms with Crippen LogP contribution in [0.25, 0.3) is 0 Å². The van der Waals surface area contributed by atoms with Crippen molar-refractivity contribution >= 4 is 5.91 Å². The van der Waals surface area contributed by atoms with Gasteiger partial charge in [-0.05, 0) is 37.5 Å². The number of nitrogens with two attached hydrogens (primary N) is 1. The van der Waals surface area contributed by atoms with Gasteiger partial charge in [-0.2, -0.15) is 0 Å². The molecule has 2 rings (SSSR count). The summed E-state index contributed by atoms with van der Waals surface area (Å²) >= 11 is 0. The molecule has 1 saturated heterocycles. The lowest BCUT2D eigenvalue weighted by Gasteiger charge is -2.28. The van der Waals surface area contributed by atoms with Crippen LogP contribution in [0, 0.1) is 11.8 Å². The van der Waals surface area contributed by atoms with Crippen LogP contribution >= 0.6 is 0 Å². The minimum absolute atomic E-state index is 0.0481. The summed E-state index contributed by atoms with van der Waals surface area (Å²) in [7, 11) is 1.82. The second kappa shape index (κ2) is 6.75. The van der Waals surface area contributed by atoms with Gasteiger partial charge in [0.15, 0.2) is 0 Å². The van der Waals surface area contributed by atoms with Crippen molar-refractivity contribution in [3.63, 3.8) is 0 Å². The number of benzene rings is 1. The van der Waals surface area contributed by atoms with E-state index in [2.05, 4.69) is 11.8 Å². The number of hydrogen-bond acceptors (Lipinski definition) is 3. The Hall–Kier alpha value is -1.83. The van der Waals surface area contributed by atoms with E-state index in [4.69, 9.17) is 10.5 Å². The van der Waals surface area contributed by atoms with Crippen LogP contribution in [0.2, 0.25) is 0 Å². The highest BCUT2D eigenvalue weighted by molar-refractivity contribution is 5.84. The van der Waals surface area contributed by atoms with Crippen molar-refractivity contribution in [1.82, 2.24) is 4.90 Å². The molecule has 0 radical (unpaired) electrons. The standard InChI is InChI=1S/C17H22N2O2/c1-17(10-4-12-21-17)16(20)19(2)13-15-8-6-14(7-9-15)5-3-11-18/h6-9H,4,10-13,18H2,1-2H3. The van der Waals surface area contributed by atoms with E-state index in [1.807, 2.05) is 38.2 Å². The van der Waals surface area contributed by atoms with Gasteiger partial charge in [-0.3, -0.25) is 4.79 Å².